The van der Waals surface area contributed by atoms with Crippen molar-refractivity contribution in [3.05, 3.63) is 66.0 Å². The summed E-state index contributed by atoms with van der Waals surface area (Å²) in [5.41, 5.74) is 1.84. The monoisotopic (exact) mass is 573 g/mol. The number of aromatic carboxylic acids is 1. The van der Waals surface area contributed by atoms with Crippen LogP contribution < -0.4 is 4.74 Å². The fourth-order valence-corrected chi connectivity index (χ4v) is 4.99. The van der Waals surface area contributed by atoms with Gasteiger partial charge < -0.3 is 9.84 Å². The Hall–Kier alpha value is -1.85. The molecule has 0 aromatic heterocycles. The Morgan fingerprint density at radius 3 is 2.50 bits per heavy atom. The first kappa shape index (κ1) is 20.9. The summed E-state index contributed by atoms with van der Waals surface area (Å²) < 4.78 is 7.42. The molecule has 2 aromatic rings. The standard InChI is InChI=1S/C19H13BrINO5S/c1-22-17(23)15(28-19(22)26)8-11-6-13(20)16(14(21)7-11)27-9-10-2-4-12(5-3-10)18(24)25/h2-8H,9H2,1H3,(H,24,25)/b15-8-. The lowest BCUT2D eigenvalue weighted by Crippen LogP contribution is -2.22. The molecular weight excluding hydrogens is 561 g/mol. The molecule has 6 nitrogen and oxygen atoms in total. The highest BCUT2D eigenvalue weighted by atomic mass is 127. The second-order valence-electron chi connectivity index (χ2n) is 5.85. The number of imide groups is 1. The molecular formula is C19H13BrINO5S. The summed E-state index contributed by atoms with van der Waals surface area (Å²) in [6.45, 7) is 0.280. The molecule has 28 heavy (non-hydrogen) atoms. The Labute approximate surface area is 187 Å². The maximum atomic E-state index is 12.0. The van der Waals surface area contributed by atoms with Crippen molar-refractivity contribution in [2.45, 2.75) is 6.61 Å². The summed E-state index contributed by atoms with van der Waals surface area (Å²) >= 11 is 6.53. The Morgan fingerprint density at radius 1 is 1.29 bits per heavy atom. The second-order valence-corrected chi connectivity index (χ2v) is 8.85. The molecule has 0 unspecified atom stereocenters. The molecule has 1 heterocycles. The van der Waals surface area contributed by atoms with Crippen LogP contribution in [0.3, 0.4) is 0 Å². The fraction of sp³-hybridized carbons (Fsp3) is 0.105. The number of nitrogens with zero attached hydrogens (tertiary/aromatic N) is 1. The quantitative estimate of drug-likeness (QED) is 0.400. The van der Waals surface area contributed by atoms with E-state index in [2.05, 4.69) is 38.5 Å². The largest absolute Gasteiger partial charge is 0.487 e. The summed E-state index contributed by atoms with van der Waals surface area (Å²) in [6.07, 6.45) is 1.68. The Kier molecular flexibility index (Phi) is 6.46. The highest BCUT2D eigenvalue weighted by molar-refractivity contribution is 14.1. The zero-order valence-electron chi connectivity index (χ0n) is 14.4. The average molecular weight is 574 g/mol. The number of hydrogen-bond donors (Lipinski definition) is 1. The molecule has 0 atom stereocenters. The molecule has 0 radical (unpaired) electrons. The van der Waals surface area contributed by atoms with E-state index in [1.54, 1.807) is 18.2 Å². The average Bonchev–Trinajstić information content (AvgIpc) is 2.88. The number of carbonyl (C=O) groups excluding carboxylic acids is 2. The van der Waals surface area contributed by atoms with Crippen LogP contribution in [0.1, 0.15) is 21.5 Å². The minimum Gasteiger partial charge on any atom is -0.487 e. The number of thioether (sulfide) groups is 1. The van der Waals surface area contributed by atoms with Gasteiger partial charge in [-0.1, -0.05) is 12.1 Å². The molecule has 0 spiro atoms. The van der Waals surface area contributed by atoms with Crippen LogP contribution >= 0.6 is 50.3 Å². The molecule has 3 rings (SSSR count). The molecule has 144 valence electrons. The van der Waals surface area contributed by atoms with Crippen molar-refractivity contribution < 1.29 is 24.2 Å². The van der Waals surface area contributed by atoms with Crippen LogP contribution in [-0.4, -0.2) is 34.2 Å². The van der Waals surface area contributed by atoms with Crippen molar-refractivity contribution in [1.82, 2.24) is 4.90 Å². The van der Waals surface area contributed by atoms with Crippen molar-refractivity contribution in [2.24, 2.45) is 0 Å². The van der Waals surface area contributed by atoms with E-state index in [1.165, 1.54) is 19.2 Å². The third-order valence-corrected chi connectivity index (χ3v) is 6.24. The third-order valence-electron chi connectivity index (χ3n) is 3.89. The van der Waals surface area contributed by atoms with Gasteiger partial charge in [0, 0.05) is 7.05 Å². The van der Waals surface area contributed by atoms with Crippen LogP contribution in [0.2, 0.25) is 0 Å². The molecule has 0 bridgehead atoms. The number of benzene rings is 2. The number of amides is 2. The molecule has 1 aliphatic rings. The first-order valence-corrected chi connectivity index (χ1v) is 10.6. The molecule has 1 saturated heterocycles. The number of likely N-dealkylation sites (N-methyl/N-ethyl adjacent to an activating group) is 1. The van der Waals surface area contributed by atoms with Gasteiger partial charge in [0.25, 0.3) is 11.1 Å². The van der Waals surface area contributed by atoms with Gasteiger partial charge in [0.2, 0.25) is 0 Å². The van der Waals surface area contributed by atoms with Gasteiger partial charge in [-0.2, -0.15) is 0 Å². The van der Waals surface area contributed by atoms with Crippen molar-refractivity contribution in [3.63, 3.8) is 0 Å². The molecule has 0 aliphatic carbocycles. The number of rotatable bonds is 5. The van der Waals surface area contributed by atoms with E-state index in [4.69, 9.17) is 9.84 Å². The van der Waals surface area contributed by atoms with Gasteiger partial charge in [-0.25, -0.2) is 4.79 Å². The summed E-state index contributed by atoms with van der Waals surface area (Å²) in [5, 5.41) is 8.65. The van der Waals surface area contributed by atoms with E-state index >= 15 is 0 Å². The molecule has 2 aromatic carbocycles. The lowest BCUT2D eigenvalue weighted by atomic mass is 10.1. The zero-order chi connectivity index (χ0) is 20.4. The van der Waals surface area contributed by atoms with Gasteiger partial charge in [0.15, 0.2) is 0 Å². The second kappa shape index (κ2) is 8.66. The van der Waals surface area contributed by atoms with Gasteiger partial charge >= 0.3 is 5.97 Å². The van der Waals surface area contributed by atoms with Crippen molar-refractivity contribution in [2.75, 3.05) is 7.05 Å². The maximum Gasteiger partial charge on any atom is 0.335 e. The highest BCUT2D eigenvalue weighted by Crippen LogP contribution is 2.36. The van der Waals surface area contributed by atoms with E-state index in [-0.39, 0.29) is 23.3 Å². The topological polar surface area (TPSA) is 83.9 Å². The molecule has 1 aliphatic heterocycles. The highest BCUT2D eigenvalue weighted by Gasteiger charge is 2.31. The summed E-state index contributed by atoms with van der Waals surface area (Å²) in [4.78, 5) is 36.0. The summed E-state index contributed by atoms with van der Waals surface area (Å²) in [5.74, 6) is -0.642. The van der Waals surface area contributed by atoms with Crippen LogP contribution in [0.25, 0.3) is 6.08 Å². The number of halogens is 2. The van der Waals surface area contributed by atoms with Crippen LogP contribution in [-0.2, 0) is 11.4 Å². The maximum absolute atomic E-state index is 12.0. The smallest absolute Gasteiger partial charge is 0.335 e. The predicted molar refractivity (Wildman–Crippen MR) is 118 cm³/mol. The van der Waals surface area contributed by atoms with E-state index in [0.717, 1.165) is 31.4 Å². The molecule has 0 saturated carbocycles. The Morgan fingerprint density at radius 2 is 1.96 bits per heavy atom. The van der Waals surface area contributed by atoms with Crippen LogP contribution in [0.5, 0.6) is 5.75 Å². The van der Waals surface area contributed by atoms with Crippen LogP contribution in [0, 0.1) is 3.57 Å². The summed E-state index contributed by atoms with van der Waals surface area (Å²) in [7, 11) is 1.46. The normalized spacial score (nSPS) is 15.4. The minimum absolute atomic E-state index is 0.223. The first-order valence-electron chi connectivity index (χ1n) is 7.92. The van der Waals surface area contributed by atoms with E-state index in [9.17, 15) is 14.4 Å². The lowest BCUT2D eigenvalue weighted by Gasteiger charge is -2.12. The van der Waals surface area contributed by atoms with Gasteiger partial charge in [0.05, 0.1) is 18.5 Å². The minimum atomic E-state index is -0.971. The fourth-order valence-electron chi connectivity index (χ4n) is 2.40. The van der Waals surface area contributed by atoms with E-state index in [0.29, 0.717) is 15.1 Å². The van der Waals surface area contributed by atoms with Crippen LogP contribution in [0.15, 0.2) is 45.8 Å². The molecule has 9 heteroatoms. The number of hydrogen-bond acceptors (Lipinski definition) is 5. The zero-order valence-corrected chi connectivity index (χ0v) is 19.0. The van der Waals surface area contributed by atoms with Crippen molar-refractivity contribution in [1.29, 1.82) is 0 Å². The number of carboxylic acids is 1. The number of carbonyl (C=O) groups is 3. The predicted octanol–water partition coefficient (Wildman–Crippen LogP) is 5.00. The molecule has 1 fully saturated rings. The van der Waals surface area contributed by atoms with Gasteiger partial charge in [-0.15, -0.1) is 0 Å². The Balaban J connectivity index is 1.76. The Bertz CT molecular complexity index is 983. The third kappa shape index (κ3) is 4.58. The van der Waals surface area contributed by atoms with E-state index < -0.39 is 5.97 Å². The lowest BCUT2D eigenvalue weighted by molar-refractivity contribution is -0.121. The number of ether oxygens (including phenoxy) is 1. The van der Waals surface area contributed by atoms with E-state index in [1.807, 2.05) is 12.1 Å². The van der Waals surface area contributed by atoms with Gasteiger partial charge in [-0.3, -0.25) is 14.5 Å². The van der Waals surface area contributed by atoms with Crippen LogP contribution in [0.4, 0.5) is 4.79 Å². The SMILES string of the molecule is CN1C(=O)S/C(=C\c2cc(Br)c(OCc3ccc(C(=O)O)cc3)c(I)c2)C1=O. The molecule has 2 amide bonds. The van der Waals surface area contributed by atoms with Gasteiger partial charge in [-0.05, 0) is 91.8 Å². The van der Waals surface area contributed by atoms with Gasteiger partial charge in [0.1, 0.15) is 12.4 Å². The molecule has 1 N–H and O–H groups in total. The number of carboxylic acid groups (broad SMARTS) is 1. The summed E-state index contributed by atoms with van der Waals surface area (Å²) in [6, 6.07) is 10.2. The van der Waals surface area contributed by atoms with Crippen molar-refractivity contribution in [3.8, 4) is 5.75 Å². The first-order chi connectivity index (χ1) is 13.3. The van der Waals surface area contributed by atoms with Crippen molar-refractivity contribution >= 4 is 73.5 Å².